The quantitative estimate of drug-likeness (QED) is 0.755. The fourth-order valence-corrected chi connectivity index (χ4v) is 2.21. The van der Waals surface area contributed by atoms with Crippen LogP contribution in [0.5, 0.6) is 0 Å². The van der Waals surface area contributed by atoms with Crippen molar-refractivity contribution in [3.05, 3.63) is 59.1 Å². The molecule has 0 amide bonds. The summed E-state index contributed by atoms with van der Waals surface area (Å²) in [5.41, 5.74) is 2.76. The topological polar surface area (TPSA) is 42.7 Å². The number of nitrogens with zero attached hydrogens (tertiary/aromatic N) is 3. The van der Waals surface area contributed by atoms with Crippen LogP contribution in [-0.2, 0) is 6.67 Å². The zero-order valence-electron chi connectivity index (χ0n) is 10.5. The number of halogens is 1. The molecular weight excluding hydrogens is 292 g/mol. The van der Waals surface area contributed by atoms with E-state index in [1.54, 1.807) is 4.68 Å². The second-order valence-corrected chi connectivity index (χ2v) is 5.09. The van der Waals surface area contributed by atoms with Gasteiger partial charge in [-0.2, -0.15) is 0 Å². The summed E-state index contributed by atoms with van der Waals surface area (Å²) in [6, 6.07) is 15.2. The molecule has 1 heterocycles. The second kappa shape index (κ2) is 5.56. The maximum absolute atomic E-state index is 5.85. The standard InChI is InChI=1S/C14H11ClN4S/c15-11-7-5-10(6-8-11)14(20)16-9-19-13-4-2-1-3-12(13)17-18-19/h1-8H,9H2,(H,16,20). The van der Waals surface area contributed by atoms with E-state index in [2.05, 4.69) is 15.6 Å². The lowest BCUT2D eigenvalue weighted by atomic mass is 10.2. The molecule has 0 fully saturated rings. The Morgan fingerprint density at radius 1 is 1.15 bits per heavy atom. The van der Waals surface area contributed by atoms with Crippen LogP contribution in [0, 0.1) is 0 Å². The molecule has 3 aromatic rings. The highest BCUT2D eigenvalue weighted by molar-refractivity contribution is 7.80. The number of hydrogen-bond acceptors (Lipinski definition) is 3. The van der Waals surface area contributed by atoms with Gasteiger partial charge in [0.1, 0.15) is 17.2 Å². The lowest BCUT2D eigenvalue weighted by Gasteiger charge is -2.08. The van der Waals surface area contributed by atoms with Crippen LogP contribution in [0.15, 0.2) is 48.5 Å². The Kier molecular flexibility index (Phi) is 3.62. The van der Waals surface area contributed by atoms with Gasteiger partial charge in [-0.05, 0) is 24.3 Å². The Hall–Kier alpha value is -1.98. The van der Waals surface area contributed by atoms with Crippen molar-refractivity contribution >= 4 is 39.8 Å². The van der Waals surface area contributed by atoms with Gasteiger partial charge >= 0.3 is 0 Å². The van der Waals surface area contributed by atoms with E-state index in [4.69, 9.17) is 23.8 Å². The summed E-state index contributed by atoms with van der Waals surface area (Å²) >= 11 is 11.2. The Bertz CT molecular complexity index is 751. The molecule has 4 nitrogen and oxygen atoms in total. The molecular formula is C14H11ClN4S. The monoisotopic (exact) mass is 302 g/mol. The fourth-order valence-electron chi connectivity index (χ4n) is 1.88. The highest BCUT2D eigenvalue weighted by atomic mass is 35.5. The van der Waals surface area contributed by atoms with Gasteiger partial charge in [0.2, 0.25) is 0 Å². The van der Waals surface area contributed by atoms with Crippen LogP contribution < -0.4 is 5.32 Å². The van der Waals surface area contributed by atoms with E-state index in [0.29, 0.717) is 16.7 Å². The minimum Gasteiger partial charge on any atom is -0.357 e. The van der Waals surface area contributed by atoms with Gasteiger partial charge in [0.05, 0.1) is 5.52 Å². The molecule has 100 valence electrons. The van der Waals surface area contributed by atoms with Crippen molar-refractivity contribution in [2.45, 2.75) is 6.67 Å². The molecule has 0 unspecified atom stereocenters. The summed E-state index contributed by atoms with van der Waals surface area (Å²) in [5.74, 6) is 0. The first-order valence-electron chi connectivity index (χ1n) is 6.06. The number of rotatable bonds is 3. The first-order chi connectivity index (χ1) is 9.74. The smallest absolute Gasteiger partial charge is 0.113 e. The number of aromatic nitrogens is 3. The molecule has 1 aromatic heterocycles. The molecule has 2 aromatic carbocycles. The van der Waals surface area contributed by atoms with Crippen LogP contribution in [-0.4, -0.2) is 20.0 Å². The summed E-state index contributed by atoms with van der Waals surface area (Å²) in [7, 11) is 0. The lowest BCUT2D eigenvalue weighted by Crippen LogP contribution is -2.25. The van der Waals surface area contributed by atoms with Crippen LogP contribution >= 0.6 is 23.8 Å². The Balaban J connectivity index is 1.73. The molecule has 0 aliphatic carbocycles. The molecule has 0 bridgehead atoms. The average molecular weight is 303 g/mol. The first-order valence-corrected chi connectivity index (χ1v) is 6.85. The van der Waals surface area contributed by atoms with Gasteiger partial charge in [-0.15, -0.1) is 5.10 Å². The summed E-state index contributed by atoms with van der Waals surface area (Å²) in [4.78, 5) is 0.654. The minimum absolute atomic E-state index is 0.474. The Morgan fingerprint density at radius 2 is 1.90 bits per heavy atom. The fraction of sp³-hybridized carbons (Fsp3) is 0.0714. The number of para-hydroxylation sites is 1. The molecule has 1 N–H and O–H groups in total. The zero-order valence-corrected chi connectivity index (χ0v) is 12.0. The normalized spacial score (nSPS) is 10.7. The van der Waals surface area contributed by atoms with Gasteiger partial charge in [0.15, 0.2) is 0 Å². The van der Waals surface area contributed by atoms with E-state index in [-0.39, 0.29) is 0 Å². The molecule has 3 rings (SSSR count). The molecule has 0 saturated heterocycles. The number of hydrogen-bond donors (Lipinski definition) is 1. The van der Waals surface area contributed by atoms with Crippen molar-refractivity contribution in [2.24, 2.45) is 0 Å². The highest BCUT2D eigenvalue weighted by Crippen LogP contribution is 2.11. The number of nitrogens with one attached hydrogen (secondary N) is 1. The van der Waals surface area contributed by atoms with Crippen molar-refractivity contribution in [1.82, 2.24) is 20.3 Å². The molecule has 0 aliphatic heterocycles. The summed E-state index contributed by atoms with van der Waals surface area (Å²) in [6.45, 7) is 0.474. The van der Waals surface area contributed by atoms with Crippen molar-refractivity contribution in [3.8, 4) is 0 Å². The van der Waals surface area contributed by atoms with Crippen LogP contribution in [0.3, 0.4) is 0 Å². The van der Waals surface area contributed by atoms with Crippen molar-refractivity contribution in [1.29, 1.82) is 0 Å². The highest BCUT2D eigenvalue weighted by Gasteiger charge is 2.04. The molecule has 0 saturated carbocycles. The summed E-state index contributed by atoms with van der Waals surface area (Å²) < 4.78 is 1.78. The predicted molar refractivity (Wildman–Crippen MR) is 83.8 cm³/mol. The van der Waals surface area contributed by atoms with Gasteiger partial charge in [-0.3, -0.25) is 0 Å². The number of benzene rings is 2. The van der Waals surface area contributed by atoms with Crippen LogP contribution in [0.2, 0.25) is 5.02 Å². The minimum atomic E-state index is 0.474. The summed E-state index contributed by atoms with van der Waals surface area (Å²) in [5, 5.41) is 12.0. The predicted octanol–water partition coefficient (Wildman–Crippen LogP) is 3.01. The molecule has 0 spiro atoms. The van der Waals surface area contributed by atoms with E-state index >= 15 is 0 Å². The van der Waals surface area contributed by atoms with Gasteiger partial charge in [-0.25, -0.2) is 4.68 Å². The third kappa shape index (κ3) is 2.64. The van der Waals surface area contributed by atoms with Crippen LogP contribution in [0.4, 0.5) is 0 Å². The van der Waals surface area contributed by atoms with E-state index in [0.717, 1.165) is 16.6 Å². The van der Waals surface area contributed by atoms with Gasteiger partial charge in [0, 0.05) is 10.6 Å². The Morgan fingerprint density at radius 3 is 2.70 bits per heavy atom. The van der Waals surface area contributed by atoms with Gasteiger partial charge < -0.3 is 5.32 Å². The maximum Gasteiger partial charge on any atom is 0.113 e. The van der Waals surface area contributed by atoms with Crippen molar-refractivity contribution in [2.75, 3.05) is 0 Å². The molecule has 6 heteroatoms. The molecule has 0 atom stereocenters. The zero-order chi connectivity index (χ0) is 13.9. The average Bonchev–Trinajstić information content (AvgIpc) is 2.89. The van der Waals surface area contributed by atoms with E-state index in [1.165, 1.54) is 0 Å². The van der Waals surface area contributed by atoms with Gasteiger partial charge in [0.25, 0.3) is 0 Å². The Labute approximate surface area is 126 Å². The SMILES string of the molecule is S=C(NCn1nnc2ccccc21)c1ccc(Cl)cc1. The van der Waals surface area contributed by atoms with E-state index < -0.39 is 0 Å². The van der Waals surface area contributed by atoms with E-state index in [1.807, 2.05) is 48.5 Å². The number of thiocarbonyl (C=S) groups is 1. The largest absolute Gasteiger partial charge is 0.357 e. The van der Waals surface area contributed by atoms with Crippen LogP contribution in [0.25, 0.3) is 11.0 Å². The maximum atomic E-state index is 5.85. The number of fused-ring (bicyclic) bond motifs is 1. The third-order valence-electron chi connectivity index (χ3n) is 2.92. The van der Waals surface area contributed by atoms with Crippen molar-refractivity contribution in [3.63, 3.8) is 0 Å². The molecule has 20 heavy (non-hydrogen) atoms. The lowest BCUT2D eigenvalue weighted by molar-refractivity contribution is 0.587. The molecule has 0 radical (unpaired) electrons. The third-order valence-corrected chi connectivity index (χ3v) is 3.55. The van der Waals surface area contributed by atoms with Crippen molar-refractivity contribution < 1.29 is 0 Å². The molecule has 0 aliphatic rings. The van der Waals surface area contributed by atoms with E-state index in [9.17, 15) is 0 Å². The van der Waals surface area contributed by atoms with Crippen LogP contribution in [0.1, 0.15) is 5.56 Å². The van der Waals surface area contributed by atoms with Gasteiger partial charge in [-0.1, -0.05) is 53.3 Å². The first kappa shape index (κ1) is 13.0. The second-order valence-electron chi connectivity index (χ2n) is 4.25. The summed E-state index contributed by atoms with van der Waals surface area (Å²) in [6.07, 6.45) is 0.